The standard InChI is InChI=1S/C12H19NO2/c1-2-9-5-3-4-6-10(9)13-8-7-11(14)12(13)15/h9-10H,2-8H2,1H3. The highest BCUT2D eigenvalue weighted by Crippen LogP contribution is 2.32. The number of carbonyl (C=O) groups excluding carboxylic acids is 2. The number of hydrogen-bond donors (Lipinski definition) is 0. The summed E-state index contributed by atoms with van der Waals surface area (Å²) in [7, 11) is 0. The number of carbonyl (C=O) groups is 2. The van der Waals surface area contributed by atoms with Crippen LogP contribution in [0.5, 0.6) is 0 Å². The van der Waals surface area contributed by atoms with E-state index in [2.05, 4.69) is 6.92 Å². The van der Waals surface area contributed by atoms with Crippen LogP contribution in [0, 0.1) is 5.92 Å². The molecule has 2 atom stereocenters. The molecule has 15 heavy (non-hydrogen) atoms. The normalized spacial score (nSPS) is 32.5. The fourth-order valence-electron chi connectivity index (χ4n) is 2.98. The van der Waals surface area contributed by atoms with E-state index in [4.69, 9.17) is 0 Å². The van der Waals surface area contributed by atoms with Crippen LogP contribution in [0.15, 0.2) is 0 Å². The van der Waals surface area contributed by atoms with Crippen molar-refractivity contribution in [2.75, 3.05) is 6.54 Å². The molecule has 0 radical (unpaired) electrons. The lowest BCUT2D eigenvalue weighted by molar-refractivity contribution is -0.142. The maximum atomic E-state index is 11.6. The Hall–Kier alpha value is -0.860. The Labute approximate surface area is 90.8 Å². The van der Waals surface area contributed by atoms with Gasteiger partial charge in [-0.15, -0.1) is 0 Å². The van der Waals surface area contributed by atoms with E-state index in [1.54, 1.807) is 0 Å². The summed E-state index contributed by atoms with van der Waals surface area (Å²) in [6.45, 7) is 2.85. The van der Waals surface area contributed by atoms with E-state index in [9.17, 15) is 9.59 Å². The lowest BCUT2D eigenvalue weighted by atomic mass is 9.82. The summed E-state index contributed by atoms with van der Waals surface area (Å²) in [4.78, 5) is 24.7. The number of nitrogens with zero attached hydrogens (tertiary/aromatic N) is 1. The Balaban J connectivity index is 2.08. The Morgan fingerprint density at radius 2 is 2.00 bits per heavy atom. The Kier molecular flexibility index (Phi) is 3.08. The molecule has 0 aromatic carbocycles. The molecule has 2 aliphatic rings. The fourth-order valence-corrected chi connectivity index (χ4v) is 2.98. The highest BCUT2D eigenvalue weighted by atomic mass is 16.2. The van der Waals surface area contributed by atoms with E-state index in [1.807, 2.05) is 4.90 Å². The number of rotatable bonds is 2. The monoisotopic (exact) mass is 209 g/mol. The van der Waals surface area contributed by atoms with Crippen LogP contribution >= 0.6 is 0 Å². The first kappa shape index (κ1) is 10.7. The van der Waals surface area contributed by atoms with Gasteiger partial charge in [-0.25, -0.2) is 0 Å². The topological polar surface area (TPSA) is 37.4 Å². The third kappa shape index (κ3) is 1.92. The lowest BCUT2D eigenvalue weighted by Crippen LogP contribution is -2.43. The summed E-state index contributed by atoms with van der Waals surface area (Å²) in [6, 6.07) is 0.350. The molecule has 84 valence electrons. The van der Waals surface area contributed by atoms with Gasteiger partial charge in [-0.2, -0.15) is 0 Å². The van der Waals surface area contributed by atoms with E-state index in [0.717, 1.165) is 12.8 Å². The minimum Gasteiger partial charge on any atom is -0.332 e. The molecule has 0 aromatic heterocycles. The van der Waals surface area contributed by atoms with Crippen LogP contribution < -0.4 is 0 Å². The first-order valence-electron chi connectivity index (χ1n) is 6.08. The van der Waals surface area contributed by atoms with Crippen molar-refractivity contribution in [1.29, 1.82) is 0 Å². The summed E-state index contributed by atoms with van der Waals surface area (Å²) < 4.78 is 0. The molecule has 1 amide bonds. The molecule has 1 saturated heterocycles. The van der Waals surface area contributed by atoms with Crippen molar-refractivity contribution in [1.82, 2.24) is 4.90 Å². The summed E-state index contributed by atoms with van der Waals surface area (Å²) >= 11 is 0. The second-order valence-electron chi connectivity index (χ2n) is 4.69. The molecule has 3 nitrogen and oxygen atoms in total. The van der Waals surface area contributed by atoms with E-state index in [0.29, 0.717) is 24.9 Å². The van der Waals surface area contributed by atoms with Crippen LogP contribution in [0.1, 0.15) is 45.4 Å². The molecule has 0 aromatic rings. The Morgan fingerprint density at radius 3 is 2.60 bits per heavy atom. The van der Waals surface area contributed by atoms with Gasteiger partial charge in [0.1, 0.15) is 0 Å². The van der Waals surface area contributed by atoms with Crippen LogP contribution in [0.4, 0.5) is 0 Å². The first-order chi connectivity index (χ1) is 7.24. The van der Waals surface area contributed by atoms with Gasteiger partial charge < -0.3 is 4.90 Å². The van der Waals surface area contributed by atoms with E-state index < -0.39 is 0 Å². The van der Waals surface area contributed by atoms with Gasteiger partial charge in [0.15, 0.2) is 0 Å². The van der Waals surface area contributed by atoms with Gasteiger partial charge in [0.2, 0.25) is 5.78 Å². The molecule has 2 rings (SSSR count). The van der Waals surface area contributed by atoms with Crippen LogP contribution in [0.25, 0.3) is 0 Å². The largest absolute Gasteiger partial charge is 0.332 e. The zero-order valence-corrected chi connectivity index (χ0v) is 9.37. The van der Waals surface area contributed by atoms with E-state index in [1.165, 1.54) is 19.3 Å². The highest BCUT2D eigenvalue weighted by Gasteiger charge is 2.38. The second-order valence-corrected chi connectivity index (χ2v) is 4.69. The minimum atomic E-state index is -0.222. The molecular weight excluding hydrogens is 190 g/mol. The molecule has 1 aliphatic carbocycles. The molecular formula is C12H19NO2. The molecule has 2 fully saturated rings. The van der Waals surface area contributed by atoms with Crippen molar-refractivity contribution in [3.63, 3.8) is 0 Å². The van der Waals surface area contributed by atoms with Crippen molar-refractivity contribution in [3.8, 4) is 0 Å². The highest BCUT2D eigenvalue weighted by molar-refractivity contribution is 6.37. The molecule has 1 heterocycles. The molecule has 2 unspecified atom stereocenters. The predicted octanol–water partition coefficient (Wildman–Crippen LogP) is 1.76. The number of hydrogen-bond acceptors (Lipinski definition) is 2. The van der Waals surface area contributed by atoms with Gasteiger partial charge in [-0.3, -0.25) is 9.59 Å². The van der Waals surface area contributed by atoms with Gasteiger partial charge in [-0.05, 0) is 18.8 Å². The predicted molar refractivity (Wildman–Crippen MR) is 57.4 cm³/mol. The van der Waals surface area contributed by atoms with Crippen molar-refractivity contribution in [2.24, 2.45) is 5.92 Å². The summed E-state index contributed by atoms with van der Waals surface area (Å²) in [6.07, 6.45) is 6.37. The number of Topliss-reactive ketones (excluding diaryl/α,β-unsaturated/α-hetero) is 1. The molecule has 0 spiro atoms. The smallest absolute Gasteiger partial charge is 0.290 e. The first-order valence-corrected chi connectivity index (χ1v) is 6.08. The number of ketones is 1. The Morgan fingerprint density at radius 1 is 1.27 bits per heavy atom. The van der Waals surface area contributed by atoms with Crippen molar-refractivity contribution in [2.45, 2.75) is 51.5 Å². The zero-order chi connectivity index (χ0) is 10.8. The van der Waals surface area contributed by atoms with Gasteiger partial charge in [0.05, 0.1) is 0 Å². The maximum Gasteiger partial charge on any atom is 0.290 e. The SMILES string of the molecule is CCC1CCCCC1N1CCC(=O)C1=O. The molecule has 1 aliphatic heterocycles. The maximum absolute atomic E-state index is 11.6. The third-order valence-corrected chi connectivity index (χ3v) is 3.87. The average molecular weight is 209 g/mol. The second kappa shape index (κ2) is 4.33. The van der Waals surface area contributed by atoms with Gasteiger partial charge in [0.25, 0.3) is 5.91 Å². The Bertz CT molecular complexity index is 275. The summed E-state index contributed by atoms with van der Waals surface area (Å²) in [5.41, 5.74) is 0. The molecule has 3 heteroatoms. The minimum absolute atomic E-state index is 0.185. The van der Waals surface area contributed by atoms with Crippen LogP contribution in [0.3, 0.4) is 0 Å². The van der Waals surface area contributed by atoms with E-state index >= 15 is 0 Å². The molecule has 1 saturated carbocycles. The third-order valence-electron chi connectivity index (χ3n) is 3.87. The van der Waals surface area contributed by atoms with Crippen molar-refractivity contribution in [3.05, 3.63) is 0 Å². The number of amides is 1. The number of likely N-dealkylation sites (tertiary alicyclic amines) is 1. The fraction of sp³-hybridized carbons (Fsp3) is 0.833. The quantitative estimate of drug-likeness (QED) is 0.650. The average Bonchev–Trinajstić information content (AvgIpc) is 2.60. The lowest BCUT2D eigenvalue weighted by Gasteiger charge is -2.37. The van der Waals surface area contributed by atoms with Crippen LogP contribution in [-0.2, 0) is 9.59 Å². The van der Waals surface area contributed by atoms with Crippen molar-refractivity contribution >= 4 is 11.7 Å². The van der Waals surface area contributed by atoms with Crippen LogP contribution in [0.2, 0.25) is 0 Å². The molecule has 0 bridgehead atoms. The summed E-state index contributed by atoms with van der Waals surface area (Å²) in [5, 5.41) is 0. The van der Waals surface area contributed by atoms with Gasteiger partial charge >= 0.3 is 0 Å². The van der Waals surface area contributed by atoms with Crippen molar-refractivity contribution < 1.29 is 9.59 Å². The summed E-state index contributed by atoms with van der Waals surface area (Å²) in [5.74, 6) is 0.212. The molecule has 0 N–H and O–H groups in total. The van der Waals surface area contributed by atoms with Gasteiger partial charge in [0, 0.05) is 19.0 Å². The van der Waals surface area contributed by atoms with E-state index in [-0.39, 0.29) is 11.7 Å². The van der Waals surface area contributed by atoms with Gasteiger partial charge in [-0.1, -0.05) is 26.2 Å². The zero-order valence-electron chi connectivity index (χ0n) is 9.37. The van der Waals surface area contributed by atoms with Crippen LogP contribution in [-0.4, -0.2) is 29.2 Å².